The molecule has 132 valence electrons. The summed E-state index contributed by atoms with van der Waals surface area (Å²) in [5.41, 5.74) is 0. The lowest BCUT2D eigenvalue weighted by atomic mass is 10.1. The second kappa shape index (κ2) is 8.41. The van der Waals surface area contributed by atoms with Crippen molar-refractivity contribution in [1.82, 2.24) is 10.2 Å². The predicted molar refractivity (Wildman–Crippen MR) is 85.4 cm³/mol. The van der Waals surface area contributed by atoms with E-state index < -0.39 is 0 Å². The molecule has 1 aromatic carbocycles. The maximum absolute atomic E-state index is 13.3. The molecule has 2 aliphatic rings. The van der Waals surface area contributed by atoms with Crippen LogP contribution in [-0.2, 0) is 14.3 Å². The van der Waals surface area contributed by atoms with Crippen LogP contribution < -0.4 is 10.1 Å². The van der Waals surface area contributed by atoms with Crippen molar-refractivity contribution in [3.8, 4) is 5.75 Å². The highest BCUT2D eigenvalue weighted by Crippen LogP contribution is 2.19. The van der Waals surface area contributed by atoms with Crippen molar-refractivity contribution in [3.63, 3.8) is 0 Å². The molecule has 0 aromatic heterocycles. The fourth-order valence-electron chi connectivity index (χ4n) is 2.92. The highest BCUT2D eigenvalue weighted by Gasteiger charge is 2.29. The maximum atomic E-state index is 13.3. The van der Waals surface area contributed by atoms with E-state index in [4.69, 9.17) is 14.2 Å². The van der Waals surface area contributed by atoms with E-state index in [0.717, 1.165) is 13.1 Å². The monoisotopic (exact) mass is 338 g/mol. The predicted octanol–water partition coefficient (Wildman–Crippen LogP) is 0.810. The SMILES string of the molecule is O=C(CN1CCOCC1)N[C@@H]1COCC[C@@H]1Oc1cccc(F)c1. The molecule has 0 saturated carbocycles. The van der Waals surface area contributed by atoms with E-state index in [2.05, 4.69) is 10.2 Å². The zero-order valence-corrected chi connectivity index (χ0v) is 13.6. The summed E-state index contributed by atoms with van der Waals surface area (Å²) in [4.78, 5) is 14.3. The minimum Gasteiger partial charge on any atom is -0.488 e. The molecule has 24 heavy (non-hydrogen) atoms. The van der Waals surface area contributed by atoms with Gasteiger partial charge in [0.15, 0.2) is 0 Å². The number of carbonyl (C=O) groups excluding carboxylic acids is 1. The molecule has 0 aliphatic carbocycles. The minimum absolute atomic E-state index is 0.0553. The maximum Gasteiger partial charge on any atom is 0.234 e. The van der Waals surface area contributed by atoms with Crippen LogP contribution in [0.1, 0.15) is 6.42 Å². The number of rotatable bonds is 5. The first kappa shape index (κ1) is 17.1. The second-order valence-electron chi connectivity index (χ2n) is 6.04. The molecule has 1 amide bonds. The Hall–Kier alpha value is -1.70. The third kappa shape index (κ3) is 4.90. The molecule has 0 unspecified atom stereocenters. The number of nitrogens with one attached hydrogen (secondary N) is 1. The van der Waals surface area contributed by atoms with Gasteiger partial charge in [0.05, 0.1) is 39.0 Å². The number of carbonyl (C=O) groups is 1. The van der Waals surface area contributed by atoms with Crippen molar-refractivity contribution in [2.24, 2.45) is 0 Å². The van der Waals surface area contributed by atoms with E-state index in [9.17, 15) is 9.18 Å². The molecule has 6 nitrogen and oxygen atoms in total. The third-order valence-corrected chi connectivity index (χ3v) is 4.19. The Bertz CT molecular complexity index is 551. The van der Waals surface area contributed by atoms with E-state index in [1.165, 1.54) is 12.1 Å². The van der Waals surface area contributed by atoms with Gasteiger partial charge in [-0.2, -0.15) is 0 Å². The van der Waals surface area contributed by atoms with Crippen LogP contribution >= 0.6 is 0 Å². The van der Waals surface area contributed by atoms with Crippen LogP contribution in [0, 0.1) is 5.82 Å². The van der Waals surface area contributed by atoms with Gasteiger partial charge in [-0.25, -0.2) is 4.39 Å². The molecular formula is C17H23FN2O4. The standard InChI is InChI=1S/C17H23FN2O4/c18-13-2-1-3-14(10-13)24-16-4-7-23-12-15(16)19-17(21)11-20-5-8-22-9-6-20/h1-3,10,15-16H,4-9,11-12H2,(H,19,21)/t15-,16+/m1/s1. The zero-order valence-electron chi connectivity index (χ0n) is 13.6. The van der Waals surface area contributed by atoms with Gasteiger partial charge in [-0.1, -0.05) is 6.07 Å². The molecule has 1 aromatic rings. The van der Waals surface area contributed by atoms with E-state index in [0.29, 0.717) is 45.1 Å². The van der Waals surface area contributed by atoms with Crippen LogP contribution in [-0.4, -0.2) is 69.0 Å². The topological polar surface area (TPSA) is 60.0 Å². The summed E-state index contributed by atoms with van der Waals surface area (Å²) in [6.45, 7) is 4.14. The van der Waals surface area contributed by atoms with E-state index >= 15 is 0 Å². The van der Waals surface area contributed by atoms with Crippen LogP contribution in [0.2, 0.25) is 0 Å². The molecular weight excluding hydrogens is 315 g/mol. The molecule has 3 rings (SSSR count). The third-order valence-electron chi connectivity index (χ3n) is 4.19. The van der Waals surface area contributed by atoms with Crippen molar-refractivity contribution in [3.05, 3.63) is 30.1 Å². The number of nitrogens with zero attached hydrogens (tertiary/aromatic N) is 1. The van der Waals surface area contributed by atoms with Crippen molar-refractivity contribution < 1.29 is 23.4 Å². The lowest BCUT2D eigenvalue weighted by Gasteiger charge is -2.33. The fourth-order valence-corrected chi connectivity index (χ4v) is 2.92. The van der Waals surface area contributed by atoms with Gasteiger partial charge in [-0.05, 0) is 12.1 Å². The molecule has 2 saturated heterocycles. The number of ether oxygens (including phenoxy) is 3. The van der Waals surface area contributed by atoms with E-state index in [1.807, 2.05) is 0 Å². The Kier molecular flexibility index (Phi) is 6.01. The molecule has 0 spiro atoms. The summed E-state index contributed by atoms with van der Waals surface area (Å²) < 4.78 is 29.9. The Morgan fingerprint density at radius 1 is 1.29 bits per heavy atom. The Labute approximate surface area is 140 Å². The van der Waals surface area contributed by atoms with Gasteiger partial charge in [0.25, 0.3) is 0 Å². The first-order valence-corrected chi connectivity index (χ1v) is 8.30. The lowest BCUT2D eigenvalue weighted by Crippen LogP contribution is -2.54. The fraction of sp³-hybridized carbons (Fsp3) is 0.588. The summed E-state index contributed by atoms with van der Waals surface area (Å²) in [5.74, 6) is 0.0713. The Morgan fingerprint density at radius 2 is 2.12 bits per heavy atom. The summed E-state index contributed by atoms with van der Waals surface area (Å²) in [5, 5.41) is 2.99. The largest absolute Gasteiger partial charge is 0.488 e. The number of hydrogen-bond acceptors (Lipinski definition) is 5. The molecule has 1 N–H and O–H groups in total. The van der Waals surface area contributed by atoms with Crippen molar-refractivity contribution in [1.29, 1.82) is 0 Å². The van der Waals surface area contributed by atoms with Crippen LogP contribution in [0.3, 0.4) is 0 Å². The van der Waals surface area contributed by atoms with Crippen molar-refractivity contribution in [2.45, 2.75) is 18.6 Å². The van der Waals surface area contributed by atoms with Gasteiger partial charge in [0.1, 0.15) is 17.7 Å². The van der Waals surface area contributed by atoms with Gasteiger partial charge in [-0.15, -0.1) is 0 Å². The summed E-state index contributed by atoms with van der Waals surface area (Å²) in [6.07, 6.45) is 0.424. The summed E-state index contributed by atoms with van der Waals surface area (Å²) in [7, 11) is 0. The van der Waals surface area contributed by atoms with Gasteiger partial charge >= 0.3 is 0 Å². The minimum atomic E-state index is -0.340. The lowest BCUT2D eigenvalue weighted by molar-refractivity contribution is -0.126. The Balaban J connectivity index is 1.54. The van der Waals surface area contributed by atoms with Crippen LogP contribution in [0.15, 0.2) is 24.3 Å². The van der Waals surface area contributed by atoms with Crippen molar-refractivity contribution in [2.75, 3.05) is 46.1 Å². The van der Waals surface area contributed by atoms with Crippen molar-refractivity contribution >= 4 is 5.91 Å². The average Bonchev–Trinajstić information content (AvgIpc) is 2.57. The second-order valence-corrected chi connectivity index (χ2v) is 6.04. The highest BCUT2D eigenvalue weighted by molar-refractivity contribution is 5.78. The Morgan fingerprint density at radius 3 is 2.92 bits per heavy atom. The molecule has 0 radical (unpaired) electrons. The zero-order chi connectivity index (χ0) is 16.8. The van der Waals surface area contributed by atoms with Gasteiger partial charge in [-0.3, -0.25) is 9.69 Å². The molecule has 2 heterocycles. The van der Waals surface area contributed by atoms with E-state index in [1.54, 1.807) is 12.1 Å². The number of halogens is 1. The first-order valence-electron chi connectivity index (χ1n) is 8.30. The normalized spacial score (nSPS) is 25.2. The molecule has 2 fully saturated rings. The highest BCUT2D eigenvalue weighted by atomic mass is 19.1. The van der Waals surface area contributed by atoms with Gasteiger partial charge < -0.3 is 19.5 Å². The van der Waals surface area contributed by atoms with Crippen LogP contribution in [0.4, 0.5) is 4.39 Å². The molecule has 0 bridgehead atoms. The molecule has 2 aliphatic heterocycles. The molecule has 7 heteroatoms. The smallest absolute Gasteiger partial charge is 0.234 e. The quantitative estimate of drug-likeness (QED) is 0.861. The number of amides is 1. The van der Waals surface area contributed by atoms with Gasteiger partial charge in [0.2, 0.25) is 5.91 Å². The van der Waals surface area contributed by atoms with Gasteiger partial charge in [0, 0.05) is 25.6 Å². The summed E-state index contributed by atoms with van der Waals surface area (Å²) in [6, 6.07) is 5.80. The van der Waals surface area contributed by atoms with Crippen LogP contribution in [0.5, 0.6) is 5.75 Å². The summed E-state index contributed by atoms with van der Waals surface area (Å²) >= 11 is 0. The van der Waals surface area contributed by atoms with E-state index in [-0.39, 0.29) is 23.9 Å². The van der Waals surface area contributed by atoms with Crippen LogP contribution in [0.25, 0.3) is 0 Å². The number of benzene rings is 1. The average molecular weight is 338 g/mol. The number of morpholine rings is 1. The number of hydrogen-bond donors (Lipinski definition) is 1. The first-order chi connectivity index (χ1) is 11.7. The molecule has 2 atom stereocenters.